The Morgan fingerprint density at radius 2 is 2.03 bits per heavy atom. The van der Waals surface area contributed by atoms with Gasteiger partial charge in [-0.15, -0.1) is 0 Å². The third-order valence-electron chi connectivity index (χ3n) is 4.64. The molecule has 0 aliphatic carbocycles. The van der Waals surface area contributed by atoms with E-state index in [-0.39, 0.29) is 28.8 Å². The lowest BCUT2D eigenvalue weighted by Gasteiger charge is -2.12. The predicted molar refractivity (Wildman–Crippen MR) is 105 cm³/mol. The molecule has 2 heterocycles. The first-order valence-corrected chi connectivity index (χ1v) is 9.07. The molecule has 0 aliphatic heterocycles. The van der Waals surface area contributed by atoms with Crippen molar-refractivity contribution in [2.45, 2.75) is 19.9 Å². The van der Waals surface area contributed by atoms with Gasteiger partial charge in [0.15, 0.2) is 11.6 Å². The van der Waals surface area contributed by atoms with Gasteiger partial charge in [-0.25, -0.2) is 4.39 Å². The van der Waals surface area contributed by atoms with E-state index in [0.29, 0.717) is 23.0 Å². The fourth-order valence-corrected chi connectivity index (χ4v) is 3.28. The van der Waals surface area contributed by atoms with Crippen molar-refractivity contribution in [3.05, 3.63) is 58.6 Å². The largest absolute Gasteiger partial charge is 0.506 e. The van der Waals surface area contributed by atoms with Crippen LogP contribution in [0.25, 0.3) is 33.7 Å². The fraction of sp³-hybridized carbons (Fsp3) is 0.190. The second-order valence-electron chi connectivity index (χ2n) is 6.47. The maximum Gasteiger partial charge on any atom is 0.267 e. The molecule has 0 bridgehead atoms. The van der Waals surface area contributed by atoms with Crippen molar-refractivity contribution in [2.75, 3.05) is 7.11 Å². The number of aromatic nitrogens is 3. The normalized spacial score (nSPS) is 11.1. The number of aromatic hydroxyl groups is 1. The quantitative estimate of drug-likeness (QED) is 0.550. The summed E-state index contributed by atoms with van der Waals surface area (Å²) in [7, 11) is 1.37. The summed E-state index contributed by atoms with van der Waals surface area (Å²) in [5.74, 6) is -0.749. The van der Waals surface area contributed by atoms with E-state index in [1.165, 1.54) is 19.2 Å². The summed E-state index contributed by atoms with van der Waals surface area (Å²) < 4.78 is 25.7. The highest BCUT2D eigenvalue weighted by Gasteiger charge is 2.23. The van der Waals surface area contributed by atoms with E-state index in [1.807, 2.05) is 6.92 Å². The summed E-state index contributed by atoms with van der Waals surface area (Å²) in [5.41, 5.74) is 0.467. The molecule has 148 valence electrons. The van der Waals surface area contributed by atoms with Crippen LogP contribution in [-0.2, 0) is 6.54 Å². The number of benzene rings is 2. The molecule has 0 fully saturated rings. The number of halogens is 1. The zero-order valence-corrected chi connectivity index (χ0v) is 15.8. The fourth-order valence-electron chi connectivity index (χ4n) is 3.28. The predicted octanol–water partition coefficient (Wildman–Crippen LogP) is 3.98. The summed E-state index contributed by atoms with van der Waals surface area (Å²) in [5, 5.41) is 15.1. The van der Waals surface area contributed by atoms with E-state index < -0.39 is 11.4 Å². The van der Waals surface area contributed by atoms with Crippen molar-refractivity contribution in [1.82, 2.24) is 14.7 Å². The average Bonchev–Trinajstić information content (AvgIpc) is 3.21. The molecule has 0 unspecified atom stereocenters. The van der Waals surface area contributed by atoms with E-state index in [1.54, 1.807) is 34.9 Å². The lowest BCUT2D eigenvalue weighted by atomic mass is 10.1. The first-order valence-electron chi connectivity index (χ1n) is 9.07. The maximum absolute atomic E-state index is 14.0. The Bertz CT molecular complexity index is 1260. The lowest BCUT2D eigenvalue weighted by molar-refractivity contribution is 0.386. The molecule has 4 rings (SSSR count). The van der Waals surface area contributed by atoms with Crippen LogP contribution >= 0.6 is 0 Å². The van der Waals surface area contributed by atoms with Gasteiger partial charge in [0.05, 0.1) is 12.6 Å². The summed E-state index contributed by atoms with van der Waals surface area (Å²) in [6, 6.07) is 11.3. The third-order valence-corrected chi connectivity index (χ3v) is 4.64. The van der Waals surface area contributed by atoms with E-state index in [2.05, 4.69) is 10.1 Å². The van der Waals surface area contributed by atoms with Crippen LogP contribution in [0, 0.1) is 5.82 Å². The first kappa shape index (κ1) is 18.7. The highest BCUT2D eigenvalue weighted by Crippen LogP contribution is 2.33. The average molecular weight is 395 g/mol. The molecule has 0 saturated heterocycles. The van der Waals surface area contributed by atoms with Crippen LogP contribution in [-0.4, -0.2) is 26.9 Å². The van der Waals surface area contributed by atoms with Gasteiger partial charge in [-0.05, 0) is 36.8 Å². The summed E-state index contributed by atoms with van der Waals surface area (Å²) in [6.45, 7) is 2.42. The van der Waals surface area contributed by atoms with Crippen molar-refractivity contribution >= 4 is 10.9 Å². The zero-order valence-electron chi connectivity index (χ0n) is 15.8. The van der Waals surface area contributed by atoms with Gasteiger partial charge in [-0.1, -0.05) is 24.2 Å². The number of rotatable bonds is 5. The van der Waals surface area contributed by atoms with Gasteiger partial charge in [-0.2, -0.15) is 4.98 Å². The first-order chi connectivity index (χ1) is 14.0. The Morgan fingerprint density at radius 1 is 1.24 bits per heavy atom. The van der Waals surface area contributed by atoms with Gasteiger partial charge in [-0.3, -0.25) is 4.79 Å². The number of aryl methyl sites for hydroxylation is 1. The minimum absolute atomic E-state index is 0.0788. The second kappa shape index (κ2) is 7.38. The molecule has 0 atom stereocenters. The van der Waals surface area contributed by atoms with Gasteiger partial charge < -0.3 is 18.9 Å². The number of para-hydroxylation sites is 1. The molecule has 0 radical (unpaired) electrons. The van der Waals surface area contributed by atoms with E-state index >= 15 is 0 Å². The number of hydrogen-bond donors (Lipinski definition) is 1. The van der Waals surface area contributed by atoms with Crippen molar-refractivity contribution in [3.8, 4) is 34.3 Å². The molecule has 0 aliphatic rings. The molecule has 7 nitrogen and oxygen atoms in total. The SMILES string of the molecule is CCCn1c(=O)c(-c2nc(-c3ccc(OC)c(F)c3)no2)c(O)c2ccccc21. The summed E-state index contributed by atoms with van der Waals surface area (Å²) >= 11 is 0. The number of hydrogen-bond acceptors (Lipinski definition) is 6. The van der Waals surface area contributed by atoms with Crippen molar-refractivity contribution < 1.29 is 18.8 Å². The Kier molecular flexibility index (Phi) is 4.75. The van der Waals surface area contributed by atoms with Crippen LogP contribution in [0.15, 0.2) is 51.8 Å². The van der Waals surface area contributed by atoms with Gasteiger partial charge in [0.25, 0.3) is 11.4 Å². The maximum atomic E-state index is 14.0. The Morgan fingerprint density at radius 3 is 2.76 bits per heavy atom. The molecule has 4 aromatic rings. The monoisotopic (exact) mass is 395 g/mol. The van der Waals surface area contributed by atoms with Crippen molar-refractivity contribution in [1.29, 1.82) is 0 Å². The number of nitrogens with zero attached hydrogens (tertiary/aromatic N) is 3. The Hall–Kier alpha value is -3.68. The van der Waals surface area contributed by atoms with E-state index in [0.717, 1.165) is 6.42 Å². The second-order valence-corrected chi connectivity index (χ2v) is 6.47. The Balaban J connectivity index is 1.88. The van der Waals surface area contributed by atoms with Crippen LogP contribution in [0.4, 0.5) is 4.39 Å². The smallest absolute Gasteiger partial charge is 0.267 e. The van der Waals surface area contributed by atoms with Gasteiger partial charge in [0.1, 0.15) is 11.3 Å². The van der Waals surface area contributed by atoms with Gasteiger partial charge in [0, 0.05) is 17.5 Å². The van der Waals surface area contributed by atoms with Crippen molar-refractivity contribution in [2.24, 2.45) is 0 Å². The number of methoxy groups -OCH3 is 1. The van der Waals surface area contributed by atoms with Crippen LogP contribution < -0.4 is 10.3 Å². The molecule has 2 aromatic carbocycles. The molecular formula is C21H18FN3O4. The Labute approximate surface area is 165 Å². The summed E-state index contributed by atoms with van der Waals surface area (Å²) in [6.07, 6.45) is 0.730. The standard InChI is InChI=1S/C21H18FN3O4/c1-3-10-25-15-7-5-4-6-13(15)18(26)17(21(25)27)20-23-19(24-29-20)12-8-9-16(28-2)14(22)11-12/h4-9,11,26H,3,10H2,1-2H3. The zero-order chi connectivity index (χ0) is 20.5. The van der Waals surface area contributed by atoms with Crippen LogP contribution in [0.5, 0.6) is 11.5 Å². The van der Waals surface area contributed by atoms with E-state index in [9.17, 15) is 14.3 Å². The van der Waals surface area contributed by atoms with Crippen LogP contribution in [0.1, 0.15) is 13.3 Å². The molecular weight excluding hydrogens is 377 g/mol. The molecule has 8 heteroatoms. The summed E-state index contributed by atoms with van der Waals surface area (Å²) in [4.78, 5) is 17.3. The molecule has 1 N–H and O–H groups in total. The molecule has 2 aromatic heterocycles. The number of pyridine rings is 1. The highest BCUT2D eigenvalue weighted by molar-refractivity contribution is 5.91. The van der Waals surface area contributed by atoms with Crippen molar-refractivity contribution in [3.63, 3.8) is 0 Å². The topological polar surface area (TPSA) is 90.4 Å². The molecule has 29 heavy (non-hydrogen) atoms. The minimum Gasteiger partial charge on any atom is -0.506 e. The third kappa shape index (κ3) is 3.12. The van der Waals surface area contributed by atoms with E-state index in [4.69, 9.17) is 9.26 Å². The van der Waals surface area contributed by atoms with Gasteiger partial charge in [0.2, 0.25) is 5.82 Å². The lowest BCUT2D eigenvalue weighted by Crippen LogP contribution is -2.22. The molecule has 0 amide bonds. The number of fused-ring (bicyclic) bond motifs is 1. The molecule has 0 saturated carbocycles. The molecule has 0 spiro atoms. The van der Waals surface area contributed by atoms with Gasteiger partial charge >= 0.3 is 0 Å². The minimum atomic E-state index is -0.574. The van der Waals surface area contributed by atoms with Crippen LogP contribution in [0.3, 0.4) is 0 Å². The van der Waals surface area contributed by atoms with Crippen LogP contribution in [0.2, 0.25) is 0 Å². The highest BCUT2D eigenvalue weighted by atomic mass is 19.1. The number of ether oxygens (including phenoxy) is 1.